The van der Waals surface area contributed by atoms with Crippen molar-refractivity contribution in [2.75, 3.05) is 0 Å². The van der Waals surface area contributed by atoms with E-state index in [0.717, 1.165) is 30.2 Å². The summed E-state index contributed by atoms with van der Waals surface area (Å²) in [4.78, 5) is 24.4. The molecule has 0 bridgehead atoms. The zero-order valence-corrected chi connectivity index (χ0v) is 16.1. The second kappa shape index (κ2) is 8.40. The maximum absolute atomic E-state index is 12.5. The number of fused-ring (bicyclic) bond motifs is 1. The Bertz CT molecular complexity index is 1010. The molecule has 3 aromatic rings. The lowest BCUT2D eigenvalue weighted by atomic mass is 10.0. The number of aryl methyl sites for hydroxylation is 1. The van der Waals surface area contributed by atoms with Gasteiger partial charge >= 0.3 is 5.63 Å². The number of ether oxygens (including phenoxy) is 1. The molecule has 0 saturated heterocycles. The summed E-state index contributed by atoms with van der Waals surface area (Å²) in [5, 5.41) is 1.17. The Labute approximate surface area is 162 Å². The zero-order valence-electron chi connectivity index (χ0n) is 15.3. The summed E-state index contributed by atoms with van der Waals surface area (Å²) in [5.74, 6) is 0.168. The zero-order chi connectivity index (χ0) is 19.4. The van der Waals surface area contributed by atoms with E-state index in [9.17, 15) is 9.59 Å². The van der Waals surface area contributed by atoms with Crippen molar-refractivity contribution in [2.24, 2.45) is 0 Å². The standard InChI is InChI=1S/C22H21ClO4/c1-3-4-8-16-11-21(24)27-19-13-20(18(23)12-17(16)19)26-14(2)22(25)15-9-6-5-7-10-15/h5-7,9-14H,3-4,8H2,1-2H3/t14-/m0/s1. The van der Waals surface area contributed by atoms with Gasteiger partial charge in [0.25, 0.3) is 0 Å². The quantitative estimate of drug-likeness (QED) is 0.402. The SMILES string of the molecule is CCCCc1cc(=O)oc2cc(O[C@@H](C)C(=O)c3ccccc3)c(Cl)cc12. The molecule has 0 saturated carbocycles. The summed E-state index contributed by atoms with van der Waals surface area (Å²) in [6, 6.07) is 13.8. The molecule has 27 heavy (non-hydrogen) atoms. The lowest BCUT2D eigenvalue weighted by Crippen LogP contribution is -2.24. The minimum Gasteiger partial charge on any atom is -0.481 e. The van der Waals surface area contributed by atoms with Crippen molar-refractivity contribution in [1.82, 2.24) is 0 Å². The second-order valence-electron chi connectivity index (χ2n) is 6.46. The minimum absolute atomic E-state index is 0.148. The fourth-order valence-corrected chi connectivity index (χ4v) is 3.18. The summed E-state index contributed by atoms with van der Waals surface area (Å²) in [6.45, 7) is 3.77. The molecule has 1 aromatic heterocycles. The van der Waals surface area contributed by atoms with Gasteiger partial charge < -0.3 is 9.15 Å². The Balaban J connectivity index is 1.92. The molecule has 140 valence electrons. The van der Waals surface area contributed by atoms with Crippen LogP contribution in [0.3, 0.4) is 0 Å². The number of benzene rings is 2. The first-order valence-corrected chi connectivity index (χ1v) is 9.39. The molecule has 0 aliphatic rings. The number of carbonyl (C=O) groups is 1. The maximum atomic E-state index is 12.5. The van der Waals surface area contributed by atoms with Crippen LogP contribution in [-0.4, -0.2) is 11.9 Å². The molecule has 5 heteroatoms. The first-order valence-electron chi connectivity index (χ1n) is 9.01. The number of hydrogen-bond donors (Lipinski definition) is 0. The first-order chi connectivity index (χ1) is 13.0. The highest BCUT2D eigenvalue weighted by molar-refractivity contribution is 6.32. The third-order valence-corrected chi connectivity index (χ3v) is 4.71. The largest absolute Gasteiger partial charge is 0.481 e. The molecule has 1 heterocycles. The Morgan fingerprint density at radius 3 is 2.63 bits per heavy atom. The molecule has 0 radical (unpaired) electrons. The monoisotopic (exact) mass is 384 g/mol. The van der Waals surface area contributed by atoms with Gasteiger partial charge in [-0.2, -0.15) is 0 Å². The molecule has 0 N–H and O–H groups in total. The molecule has 0 fully saturated rings. The van der Waals surface area contributed by atoms with Gasteiger partial charge in [0.15, 0.2) is 6.10 Å². The highest BCUT2D eigenvalue weighted by Crippen LogP contribution is 2.32. The van der Waals surface area contributed by atoms with Gasteiger partial charge in [-0.05, 0) is 31.4 Å². The van der Waals surface area contributed by atoms with Crippen LogP contribution < -0.4 is 10.4 Å². The van der Waals surface area contributed by atoms with Crippen LogP contribution in [0.15, 0.2) is 57.7 Å². The summed E-state index contributed by atoms with van der Waals surface area (Å²) in [7, 11) is 0. The summed E-state index contributed by atoms with van der Waals surface area (Å²) >= 11 is 6.39. The normalized spacial score (nSPS) is 12.1. The number of carbonyl (C=O) groups excluding carboxylic acids is 1. The van der Waals surface area contributed by atoms with Gasteiger partial charge in [-0.1, -0.05) is 55.3 Å². The van der Waals surface area contributed by atoms with Crippen LogP contribution in [0.2, 0.25) is 5.02 Å². The van der Waals surface area contributed by atoms with Gasteiger partial charge in [-0.3, -0.25) is 4.79 Å². The smallest absolute Gasteiger partial charge is 0.336 e. The van der Waals surface area contributed by atoms with Gasteiger partial charge in [0.05, 0.1) is 5.02 Å². The van der Waals surface area contributed by atoms with Crippen LogP contribution in [0.25, 0.3) is 11.0 Å². The Kier molecular flexibility index (Phi) is 5.97. The van der Waals surface area contributed by atoms with Gasteiger partial charge in [0, 0.05) is 23.1 Å². The third-order valence-electron chi connectivity index (χ3n) is 4.41. The van der Waals surface area contributed by atoms with Crippen molar-refractivity contribution < 1.29 is 13.9 Å². The first kappa shape index (κ1) is 19.2. The predicted molar refractivity (Wildman–Crippen MR) is 107 cm³/mol. The van der Waals surface area contributed by atoms with Crippen LogP contribution in [-0.2, 0) is 6.42 Å². The second-order valence-corrected chi connectivity index (χ2v) is 6.87. The molecule has 0 spiro atoms. The fourth-order valence-electron chi connectivity index (χ4n) is 2.97. The van der Waals surface area contributed by atoms with Crippen LogP contribution >= 0.6 is 11.6 Å². The third kappa shape index (κ3) is 4.40. The molecule has 0 amide bonds. The van der Waals surface area contributed by atoms with Gasteiger partial charge in [0.1, 0.15) is 11.3 Å². The number of rotatable bonds is 7. The number of unbranched alkanes of at least 4 members (excludes halogenated alkanes) is 1. The average molecular weight is 385 g/mol. The average Bonchev–Trinajstić information content (AvgIpc) is 2.67. The van der Waals surface area contributed by atoms with Crippen molar-refractivity contribution in [3.8, 4) is 5.75 Å². The maximum Gasteiger partial charge on any atom is 0.336 e. The van der Waals surface area contributed by atoms with Crippen molar-refractivity contribution in [3.05, 3.63) is 75.1 Å². The van der Waals surface area contributed by atoms with E-state index in [-0.39, 0.29) is 5.78 Å². The molecular weight excluding hydrogens is 364 g/mol. The molecule has 0 unspecified atom stereocenters. The molecule has 2 aromatic carbocycles. The fraction of sp³-hybridized carbons (Fsp3) is 0.273. The highest BCUT2D eigenvalue weighted by atomic mass is 35.5. The van der Waals surface area contributed by atoms with E-state index in [1.54, 1.807) is 43.3 Å². The van der Waals surface area contributed by atoms with Crippen LogP contribution in [0.1, 0.15) is 42.6 Å². The lowest BCUT2D eigenvalue weighted by Gasteiger charge is -2.16. The van der Waals surface area contributed by atoms with E-state index in [1.165, 1.54) is 6.07 Å². The van der Waals surface area contributed by atoms with Crippen molar-refractivity contribution in [3.63, 3.8) is 0 Å². The van der Waals surface area contributed by atoms with Crippen molar-refractivity contribution >= 4 is 28.4 Å². The van der Waals surface area contributed by atoms with E-state index < -0.39 is 11.7 Å². The number of hydrogen-bond acceptors (Lipinski definition) is 4. The number of halogens is 1. The number of Topliss-reactive ketones (excluding diaryl/α,β-unsaturated/α-hetero) is 1. The van der Waals surface area contributed by atoms with E-state index in [2.05, 4.69) is 6.92 Å². The molecule has 1 atom stereocenters. The molecule has 4 nitrogen and oxygen atoms in total. The summed E-state index contributed by atoms with van der Waals surface area (Å²) in [5.41, 5.74) is 1.47. The molecule has 0 aliphatic carbocycles. The van der Waals surface area contributed by atoms with Gasteiger partial charge in [-0.25, -0.2) is 4.79 Å². The predicted octanol–water partition coefficient (Wildman–Crippen LogP) is 5.44. The molecular formula is C22H21ClO4. The van der Waals surface area contributed by atoms with E-state index in [0.29, 0.717) is 21.9 Å². The minimum atomic E-state index is -0.725. The van der Waals surface area contributed by atoms with Crippen LogP contribution in [0.4, 0.5) is 0 Å². The Hall–Kier alpha value is -2.59. The summed E-state index contributed by atoms with van der Waals surface area (Å²) < 4.78 is 11.1. The molecule has 0 aliphatic heterocycles. The summed E-state index contributed by atoms with van der Waals surface area (Å²) in [6.07, 6.45) is 2.04. The molecule has 3 rings (SSSR count). The van der Waals surface area contributed by atoms with E-state index in [4.69, 9.17) is 20.8 Å². The topological polar surface area (TPSA) is 56.5 Å². The number of ketones is 1. The van der Waals surface area contributed by atoms with Crippen molar-refractivity contribution in [1.29, 1.82) is 0 Å². The van der Waals surface area contributed by atoms with Crippen LogP contribution in [0.5, 0.6) is 5.75 Å². The lowest BCUT2D eigenvalue weighted by molar-refractivity contribution is 0.0818. The highest BCUT2D eigenvalue weighted by Gasteiger charge is 2.19. The van der Waals surface area contributed by atoms with Gasteiger partial charge in [-0.15, -0.1) is 0 Å². The van der Waals surface area contributed by atoms with E-state index in [1.807, 2.05) is 6.07 Å². The Morgan fingerprint density at radius 2 is 1.93 bits per heavy atom. The van der Waals surface area contributed by atoms with E-state index >= 15 is 0 Å². The van der Waals surface area contributed by atoms with Gasteiger partial charge in [0.2, 0.25) is 5.78 Å². The van der Waals surface area contributed by atoms with Crippen molar-refractivity contribution in [2.45, 2.75) is 39.2 Å². The Morgan fingerprint density at radius 1 is 1.19 bits per heavy atom. The van der Waals surface area contributed by atoms with Crippen LogP contribution in [0, 0.1) is 0 Å².